The predicted octanol–water partition coefficient (Wildman–Crippen LogP) is 4.15. The summed E-state index contributed by atoms with van der Waals surface area (Å²) in [5, 5.41) is 10.6. The first kappa shape index (κ1) is 16.6. The summed E-state index contributed by atoms with van der Waals surface area (Å²) in [6.07, 6.45) is 6.24. The first-order valence-corrected chi connectivity index (χ1v) is 8.26. The molecule has 0 atom stereocenters. The van der Waals surface area contributed by atoms with Gasteiger partial charge in [0.05, 0.1) is 12.3 Å². The van der Waals surface area contributed by atoms with Crippen molar-refractivity contribution in [1.29, 1.82) is 0 Å². The molecule has 4 heteroatoms. The summed E-state index contributed by atoms with van der Waals surface area (Å²) in [7, 11) is 1.93. The van der Waals surface area contributed by atoms with Gasteiger partial charge in [-0.15, -0.1) is 0 Å². The molecule has 1 heterocycles. The molecule has 0 bridgehead atoms. The molecule has 0 radical (unpaired) electrons. The molecule has 0 aliphatic heterocycles. The minimum absolute atomic E-state index is 0.772. The minimum Gasteiger partial charge on any atom is -0.493 e. The first-order chi connectivity index (χ1) is 10.8. The molecule has 0 fully saturated rings. The molecule has 0 aliphatic carbocycles. The van der Waals surface area contributed by atoms with E-state index >= 15 is 0 Å². The monoisotopic (exact) mass is 301 g/mol. The summed E-state index contributed by atoms with van der Waals surface area (Å²) < 4.78 is 5.97. The normalized spacial score (nSPS) is 10.8. The topological polar surface area (TPSA) is 49.9 Å². The number of nitrogens with one attached hydrogen (secondary N) is 2. The number of H-pyrrole nitrogens is 1. The number of hydrogen-bond acceptors (Lipinski definition) is 3. The van der Waals surface area contributed by atoms with Gasteiger partial charge in [-0.25, -0.2) is 0 Å². The Morgan fingerprint density at radius 1 is 1.14 bits per heavy atom. The largest absolute Gasteiger partial charge is 0.493 e. The van der Waals surface area contributed by atoms with Crippen LogP contribution in [-0.2, 0) is 6.54 Å². The van der Waals surface area contributed by atoms with Gasteiger partial charge in [0.25, 0.3) is 0 Å². The van der Waals surface area contributed by atoms with Crippen LogP contribution in [0.5, 0.6) is 5.75 Å². The summed E-state index contributed by atoms with van der Waals surface area (Å²) in [4.78, 5) is 0. The molecular weight excluding hydrogens is 274 g/mol. The van der Waals surface area contributed by atoms with E-state index in [0.29, 0.717) is 0 Å². The van der Waals surface area contributed by atoms with E-state index in [2.05, 4.69) is 34.6 Å². The van der Waals surface area contributed by atoms with Crippen LogP contribution in [0.15, 0.2) is 30.3 Å². The van der Waals surface area contributed by atoms with Gasteiger partial charge in [-0.3, -0.25) is 5.10 Å². The molecule has 1 aromatic carbocycles. The number of benzene rings is 1. The van der Waals surface area contributed by atoms with E-state index in [0.717, 1.165) is 42.3 Å². The predicted molar refractivity (Wildman–Crippen MR) is 91.0 cm³/mol. The molecule has 120 valence electrons. The molecule has 22 heavy (non-hydrogen) atoms. The van der Waals surface area contributed by atoms with Crippen LogP contribution in [0.2, 0.25) is 0 Å². The summed E-state index contributed by atoms with van der Waals surface area (Å²) in [5.74, 6) is 0.917. The number of para-hydroxylation sites is 1. The molecule has 0 aliphatic rings. The highest BCUT2D eigenvalue weighted by atomic mass is 16.5. The highest BCUT2D eigenvalue weighted by Gasteiger charge is 2.09. The summed E-state index contributed by atoms with van der Waals surface area (Å²) in [6.45, 7) is 3.79. The van der Waals surface area contributed by atoms with Gasteiger partial charge in [0.1, 0.15) is 5.75 Å². The van der Waals surface area contributed by atoms with E-state index < -0.39 is 0 Å². The number of ether oxygens (including phenoxy) is 1. The van der Waals surface area contributed by atoms with E-state index in [1.807, 2.05) is 25.2 Å². The van der Waals surface area contributed by atoms with Crippen molar-refractivity contribution in [2.45, 2.75) is 45.6 Å². The summed E-state index contributed by atoms with van der Waals surface area (Å²) >= 11 is 0. The van der Waals surface area contributed by atoms with Crippen LogP contribution >= 0.6 is 0 Å². The quantitative estimate of drug-likeness (QED) is 0.648. The average Bonchev–Trinajstić information content (AvgIpc) is 3.00. The molecule has 2 aromatic rings. The van der Waals surface area contributed by atoms with Gasteiger partial charge < -0.3 is 10.1 Å². The minimum atomic E-state index is 0.772. The zero-order valence-corrected chi connectivity index (χ0v) is 13.7. The van der Waals surface area contributed by atoms with Gasteiger partial charge in [-0.1, -0.05) is 44.7 Å². The number of unbranched alkanes of at least 4 members (excludes halogenated alkanes) is 4. The van der Waals surface area contributed by atoms with E-state index in [4.69, 9.17) is 4.74 Å². The SMILES string of the molecule is CCCCCCCOc1ccccc1-c1cc(CNC)[nH]n1. The molecule has 0 saturated heterocycles. The lowest BCUT2D eigenvalue weighted by Crippen LogP contribution is -2.04. The Balaban J connectivity index is 1.94. The lowest BCUT2D eigenvalue weighted by molar-refractivity contribution is 0.305. The average molecular weight is 301 g/mol. The smallest absolute Gasteiger partial charge is 0.128 e. The van der Waals surface area contributed by atoms with Crippen LogP contribution in [0.3, 0.4) is 0 Å². The highest BCUT2D eigenvalue weighted by Crippen LogP contribution is 2.28. The fourth-order valence-corrected chi connectivity index (χ4v) is 2.47. The Morgan fingerprint density at radius 3 is 2.77 bits per heavy atom. The van der Waals surface area contributed by atoms with E-state index in [9.17, 15) is 0 Å². The number of hydrogen-bond donors (Lipinski definition) is 2. The lowest BCUT2D eigenvalue weighted by atomic mass is 10.1. The Kier molecular flexibility index (Phi) is 6.97. The maximum Gasteiger partial charge on any atom is 0.128 e. The van der Waals surface area contributed by atoms with Crippen molar-refractivity contribution in [2.24, 2.45) is 0 Å². The maximum atomic E-state index is 5.97. The van der Waals surface area contributed by atoms with E-state index in [1.165, 1.54) is 25.7 Å². The van der Waals surface area contributed by atoms with Crippen molar-refractivity contribution < 1.29 is 4.74 Å². The van der Waals surface area contributed by atoms with Crippen molar-refractivity contribution in [3.63, 3.8) is 0 Å². The standard InChI is InChI=1S/C18H27N3O/c1-3-4-5-6-9-12-22-18-11-8-7-10-16(18)17-13-15(14-19-2)20-21-17/h7-8,10-11,13,19H,3-6,9,12,14H2,1-2H3,(H,20,21). The Labute approximate surface area is 133 Å². The molecular formula is C18H27N3O. The summed E-state index contributed by atoms with van der Waals surface area (Å²) in [6, 6.07) is 10.2. The molecule has 0 unspecified atom stereocenters. The third kappa shape index (κ3) is 4.88. The number of aromatic nitrogens is 2. The lowest BCUT2D eigenvalue weighted by Gasteiger charge is -2.09. The molecule has 2 N–H and O–H groups in total. The third-order valence-electron chi connectivity index (χ3n) is 3.67. The second-order valence-corrected chi connectivity index (χ2v) is 5.57. The Morgan fingerprint density at radius 2 is 1.95 bits per heavy atom. The zero-order valence-electron chi connectivity index (χ0n) is 13.7. The van der Waals surface area contributed by atoms with E-state index in [-0.39, 0.29) is 0 Å². The van der Waals surface area contributed by atoms with Gasteiger partial charge in [0.15, 0.2) is 0 Å². The number of aromatic amines is 1. The van der Waals surface area contributed by atoms with Crippen molar-refractivity contribution in [2.75, 3.05) is 13.7 Å². The molecule has 0 saturated carbocycles. The second-order valence-electron chi connectivity index (χ2n) is 5.57. The van der Waals surface area contributed by atoms with E-state index in [1.54, 1.807) is 0 Å². The van der Waals surface area contributed by atoms with Crippen molar-refractivity contribution >= 4 is 0 Å². The molecule has 0 amide bonds. The van der Waals surface area contributed by atoms with Gasteiger partial charge >= 0.3 is 0 Å². The van der Waals surface area contributed by atoms with Crippen molar-refractivity contribution in [3.8, 4) is 17.0 Å². The van der Waals surface area contributed by atoms with Crippen LogP contribution in [0.1, 0.15) is 44.7 Å². The zero-order chi connectivity index (χ0) is 15.6. The van der Waals surface area contributed by atoms with Crippen molar-refractivity contribution in [3.05, 3.63) is 36.0 Å². The molecule has 1 aromatic heterocycles. The highest BCUT2D eigenvalue weighted by molar-refractivity contribution is 5.67. The van der Waals surface area contributed by atoms with Crippen LogP contribution in [0.25, 0.3) is 11.3 Å². The van der Waals surface area contributed by atoms with Crippen LogP contribution in [0.4, 0.5) is 0 Å². The molecule has 4 nitrogen and oxygen atoms in total. The summed E-state index contributed by atoms with van der Waals surface area (Å²) in [5.41, 5.74) is 3.06. The van der Waals surface area contributed by atoms with Crippen molar-refractivity contribution in [1.82, 2.24) is 15.5 Å². The Bertz CT molecular complexity index is 551. The number of rotatable bonds is 10. The molecule has 2 rings (SSSR count). The van der Waals surface area contributed by atoms with Crippen LogP contribution in [0, 0.1) is 0 Å². The number of nitrogens with zero attached hydrogens (tertiary/aromatic N) is 1. The Hall–Kier alpha value is -1.81. The first-order valence-electron chi connectivity index (χ1n) is 8.26. The van der Waals surface area contributed by atoms with Crippen LogP contribution in [-0.4, -0.2) is 23.9 Å². The molecule has 0 spiro atoms. The van der Waals surface area contributed by atoms with Gasteiger partial charge in [0.2, 0.25) is 0 Å². The fourth-order valence-electron chi connectivity index (χ4n) is 2.47. The second kappa shape index (κ2) is 9.26. The van der Waals surface area contributed by atoms with Crippen LogP contribution < -0.4 is 10.1 Å². The van der Waals surface area contributed by atoms with Gasteiger partial charge in [0, 0.05) is 17.8 Å². The fraction of sp³-hybridized carbons (Fsp3) is 0.500. The van der Waals surface area contributed by atoms with Gasteiger partial charge in [-0.05, 0) is 31.7 Å². The maximum absolute atomic E-state index is 5.97. The third-order valence-corrected chi connectivity index (χ3v) is 3.67. The van der Waals surface area contributed by atoms with Gasteiger partial charge in [-0.2, -0.15) is 5.10 Å².